The largest absolute Gasteiger partial charge is 0.486 e. The molecule has 2 rings (SSSR count). The number of amides is 1. The Morgan fingerprint density at radius 2 is 1.87 bits per heavy atom. The molecule has 1 aromatic rings. The van der Waals surface area contributed by atoms with Crippen molar-refractivity contribution in [1.82, 2.24) is 5.32 Å². The normalized spacial score (nSPS) is 14.3. The van der Waals surface area contributed by atoms with Gasteiger partial charge in [-0.3, -0.25) is 4.79 Å². The Morgan fingerprint density at radius 3 is 2.65 bits per heavy atom. The van der Waals surface area contributed by atoms with Crippen LogP contribution in [0.3, 0.4) is 0 Å². The lowest BCUT2D eigenvalue weighted by molar-refractivity contribution is -0.121. The van der Waals surface area contributed by atoms with Gasteiger partial charge in [0.1, 0.15) is 13.2 Å². The van der Waals surface area contributed by atoms with Crippen molar-refractivity contribution >= 4 is 5.91 Å². The number of ether oxygens (including phenoxy) is 2. The minimum Gasteiger partial charge on any atom is -0.486 e. The van der Waals surface area contributed by atoms with Crippen molar-refractivity contribution in [3.8, 4) is 11.5 Å². The van der Waals surface area contributed by atoms with Gasteiger partial charge in [0.25, 0.3) is 0 Å². The van der Waals surface area contributed by atoms with Gasteiger partial charge in [-0.1, -0.05) is 38.7 Å². The van der Waals surface area contributed by atoms with Crippen LogP contribution in [0.15, 0.2) is 18.2 Å². The lowest BCUT2D eigenvalue weighted by atomic mass is 10.1. The summed E-state index contributed by atoms with van der Waals surface area (Å²) in [5, 5.41) is 3.09. The van der Waals surface area contributed by atoms with Crippen molar-refractivity contribution < 1.29 is 14.3 Å². The van der Waals surface area contributed by atoms with Crippen LogP contribution >= 0.6 is 0 Å². The van der Waals surface area contributed by atoms with Gasteiger partial charge >= 0.3 is 0 Å². The van der Waals surface area contributed by atoms with Gasteiger partial charge in [-0.05, 0) is 37.5 Å². The molecule has 0 unspecified atom stereocenters. The van der Waals surface area contributed by atoms with Gasteiger partial charge < -0.3 is 14.8 Å². The molecule has 1 amide bonds. The molecule has 1 aromatic carbocycles. The fraction of sp³-hybridized carbons (Fsp3) is 0.632. The molecule has 4 heteroatoms. The van der Waals surface area contributed by atoms with Gasteiger partial charge in [0, 0.05) is 12.5 Å². The first kappa shape index (κ1) is 17.6. The van der Waals surface area contributed by atoms with Crippen LogP contribution in [0.1, 0.15) is 57.9 Å². The van der Waals surface area contributed by atoms with Crippen molar-refractivity contribution in [2.24, 2.45) is 0 Å². The van der Waals surface area contributed by atoms with E-state index in [1.165, 1.54) is 19.3 Å². The second kappa shape index (κ2) is 9.43. The Balaban J connectivity index is 1.71. The molecule has 4 nitrogen and oxygen atoms in total. The summed E-state index contributed by atoms with van der Waals surface area (Å²) in [6, 6.07) is 6.13. The Bertz CT molecular complexity index is 501. The van der Waals surface area contributed by atoms with Crippen molar-refractivity contribution in [3.63, 3.8) is 0 Å². The number of hydrogen-bond donors (Lipinski definition) is 1. The highest BCUT2D eigenvalue weighted by atomic mass is 16.6. The van der Waals surface area contributed by atoms with E-state index in [0.717, 1.165) is 36.3 Å². The first-order valence-corrected chi connectivity index (χ1v) is 8.87. The molecule has 0 aromatic heterocycles. The molecule has 0 aliphatic carbocycles. The molecule has 0 fully saturated rings. The van der Waals surface area contributed by atoms with E-state index in [0.29, 0.717) is 19.6 Å². The van der Waals surface area contributed by atoms with Gasteiger partial charge in [-0.25, -0.2) is 0 Å². The minimum atomic E-state index is 0.126. The maximum Gasteiger partial charge on any atom is 0.220 e. The molecule has 0 bridgehead atoms. The van der Waals surface area contributed by atoms with E-state index in [1.807, 2.05) is 25.1 Å². The maximum absolute atomic E-state index is 12.0. The highest BCUT2D eigenvalue weighted by Crippen LogP contribution is 2.31. The highest BCUT2D eigenvalue weighted by molar-refractivity contribution is 5.76. The number of carbonyl (C=O) groups excluding carboxylic acids is 1. The van der Waals surface area contributed by atoms with E-state index in [9.17, 15) is 4.79 Å². The SMILES string of the molecule is CCCCCCCC(=O)N[C@H](C)Cc1ccc2c(c1)OCCO2. The lowest BCUT2D eigenvalue weighted by Gasteiger charge is -2.20. The monoisotopic (exact) mass is 319 g/mol. The second-order valence-electron chi connectivity index (χ2n) is 6.31. The van der Waals surface area contributed by atoms with Gasteiger partial charge in [-0.15, -0.1) is 0 Å². The molecule has 0 saturated heterocycles. The topological polar surface area (TPSA) is 47.6 Å². The summed E-state index contributed by atoms with van der Waals surface area (Å²) in [5.41, 5.74) is 1.16. The van der Waals surface area contributed by atoms with E-state index in [1.54, 1.807) is 0 Å². The average Bonchev–Trinajstić information content (AvgIpc) is 2.54. The predicted molar refractivity (Wildman–Crippen MR) is 92.1 cm³/mol. The van der Waals surface area contributed by atoms with E-state index in [-0.39, 0.29) is 11.9 Å². The zero-order chi connectivity index (χ0) is 16.5. The first-order chi connectivity index (χ1) is 11.2. The molecule has 1 atom stereocenters. The van der Waals surface area contributed by atoms with Gasteiger partial charge in [0.15, 0.2) is 11.5 Å². The van der Waals surface area contributed by atoms with E-state index in [2.05, 4.69) is 12.2 Å². The van der Waals surface area contributed by atoms with Crippen LogP contribution in [0.25, 0.3) is 0 Å². The van der Waals surface area contributed by atoms with Gasteiger partial charge in [-0.2, -0.15) is 0 Å². The molecule has 128 valence electrons. The van der Waals surface area contributed by atoms with E-state index >= 15 is 0 Å². The first-order valence-electron chi connectivity index (χ1n) is 8.87. The highest BCUT2D eigenvalue weighted by Gasteiger charge is 2.13. The van der Waals surface area contributed by atoms with Gasteiger partial charge in [0.2, 0.25) is 5.91 Å². The molecule has 0 spiro atoms. The predicted octanol–water partition coefficient (Wildman–Crippen LogP) is 3.87. The summed E-state index contributed by atoms with van der Waals surface area (Å²) in [6.45, 7) is 5.45. The standard InChI is InChI=1S/C19H29NO3/c1-3-4-5-6-7-8-19(21)20-15(2)13-16-9-10-17-18(14-16)23-12-11-22-17/h9-10,14-15H,3-8,11-13H2,1-2H3,(H,20,21)/t15-/m1/s1. The number of hydrogen-bond acceptors (Lipinski definition) is 3. The van der Waals surface area contributed by atoms with Crippen molar-refractivity contribution in [1.29, 1.82) is 0 Å². The smallest absolute Gasteiger partial charge is 0.220 e. The fourth-order valence-corrected chi connectivity index (χ4v) is 2.86. The Kier molecular flexibility index (Phi) is 7.24. The number of carbonyl (C=O) groups is 1. The molecule has 0 saturated carbocycles. The minimum absolute atomic E-state index is 0.126. The second-order valence-corrected chi connectivity index (χ2v) is 6.31. The summed E-state index contributed by atoms with van der Waals surface area (Å²) in [7, 11) is 0. The third kappa shape index (κ3) is 6.12. The van der Waals surface area contributed by atoms with Crippen LogP contribution in [0.4, 0.5) is 0 Å². The third-order valence-electron chi connectivity index (χ3n) is 4.06. The molecule has 23 heavy (non-hydrogen) atoms. The Labute approximate surface area is 139 Å². The zero-order valence-electron chi connectivity index (χ0n) is 14.4. The third-order valence-corrected chi connectivity index (χ3v) is 4.06. The van der Waals surface area contributed by atoms with Crippen LogP contribution < -0.4 is 14.8 Å². The van der Waals surface area contributed by atoms with Crippen molar-refractivity contribution in [2.75, 3.05) is 13.2 Å². The number of benzene rings is 1. The van der Waals surface area contributed by atoms with Crippen molar-refractivity contribution in [2.45, 2.75) is 64.8 Å². The quantitative estimate of drug-likeness (QED) is 0.703. The summed E-state index contributed by atoms with van der Waals surface area (Å²) in [5.74, 6) is 1.78. The number of nitrogens with one attached hydrogen (secondary N) is 1. The molecular weight excluding hydrogens is 290 g/mol. The molecule has 0 radical (unpaired) electrons. The van der Waals surface area contributed by atoms with Crippen LogP contribution in [0.2, 0.25) is 0 Å². The zero-order valence-corrected chi connectivity index (χ0v) is 14.4. The number of rotatable bonds is 9. The van der Waals surface area contributed by atoms with Gasteiger partial charge in [0.05, 0.1) is 0 Å². The van der Waals surface area contributed by atoms with Crippen LogP contribution in [-0.2, 0) is 11.2 Å². The molecule has 1 aliphatic heterocycles. The lowest BCUT2D eigenvalue weighted by Crippen LogP contribution is -2.33. The Morgan fingerprint density at radius 1 is 1.13 bits per heavy atom. The average molecular weight is 319 g/mol. The maximum atomic E-state index is 12.0. The summed E-state index contributed by atoms with van der Waals surface area (Å²) in [4.78, 5) is 12.0. The number of fused-ring (bicyclic) bond motifs is 1. The van der Waals surface area contributed by atoms with Crippen LogP contribution in [0, 0.1) is 0 Å². The van der Waals surface area contributed by atoms with Crippen molar-refractivity contribution in [3.05, 3.63) is 23.8 Å². The fourth-order valence-electron chi connectivity index (χ4n) is 2.86. The summed E-state index contributed by atoms with van der Waals surface area (Å²) >= 11 is 0. The Hall–Kier alpha value is -1.71. The molecule has 1 N–H and O–H groups in total. The molecular formula is C19H29NO3. The summed E-state index contributed by atoms with van der Waals surface area (Å²) in [6.07, 6.45) is 7.31. The van der Waals surface area contributed by atoms with E-state index < -0.39 is 0 Å². The van der Waals surface area contributed by atoms with Crippen LogP contribution in [-0.4, -0.2) is 25.2 Å². The summed E-state index contributed by atoms with van der Waals surface area (Å²) < 4.78 is 11.1. The molecule has 1 aliphatic rings. The number of unbranched alkanes of at least 4 members (excludes halogenated alkanes) is 4. The van der Waals surface area contributed by atoms with Crippen LogP contribution in [0.5, 0.6) is 11.5 Å². The van der Waals surface area contributed by atoms with E-state index in [4.69, 9.17) is 9.47 Å². The molecule has 1 heterocycles.